The van der Waals surface area contributed by atoms with Crippen LogP contribution in [0.25, 0.3) is 0 Å². The molecular formula is C35H46N6O7. The number of para-hydroxylation sites is 2. The number of morpholine rings is 1. The average molecular weight is 663 g/mol. The molecule has 1 aliphatic heterocycles. The van der Waals surface area contributed by atoms with E-state index in [1.807, 2.05) is 0 Å². The van der Waals surface area contributed by atoms with Crippen molar-refractivity contribution in [3.63, 3.8) is 0 Å². The van der Waals surface area contributed by atoms with Gasteiger partial charge in [0.25, 0.3) is 5.91 Å². The number of aromatic nitrogens is 1. The van der Waals surface area contributed by atoms with Crippen LogP contribution in [0, 0.1) is 0 Å². The van der Waals surface area contributed by atoms with Gasteiger partial charge in [0.15, 0.2) is 11.5 Å². The summed E-state index contributed by atoms with van der Waals surface area (Å²) >= 11 is 0. The topological polar surface area (TPSA) is 152 Å². The lowest BCUT2D eigenvalue weighted by molar-refractivity contribution is 0.0370. The van der Waals surface area contributed by atoms with Crippen molar-refractivity contribution in [3.05, 3.63) is 72.1 Å². The van der Waals surface area contributed by atoms with Crippen LogP contribution in [-0.2, 0) is 9.47 Å². The Morgan fingerprint density at radius 1 is 0.896 bits per heavy atom. The standard InChI is InChI=1S/C35H46N6O7/c1-35(2,3)48-34(44)40-28-12-7-6-11-27(28)38-32(42)29-15-13-24(23-36-29)26(10-8-9-17-41-18-20-47-21-19-41)39-33(43)37-25-14-16-30(45-4)31(22-25)46-5/h6-7,11-16,22-23,26H,8-10,17-21H2,1-5H3,(H,38,42)(H,40,44)(H2,37,39,43). The van der Waals surface area contributed by atoms with E-state index in [9.17, 15) is 14.4 Å². The largest absolute Gasteiger partial charge is 0.493 e. The van der Waals surface area contributed by atoms with Crippen molar-refractivity contribution >= 4 is 35.1 Å². The fourth-order valence-corrected chi connectivity index (χ4v) is 5.12. The van der Waals surface area contributed by atoms with E-state index in [1.165, 1.54) is 7.11 Å². The van der Waals surface area contributed by atoms with E-state index in [2.05, 4.69) is 31.2 Å². The number of nitrogens with zero attached hydrogens (tertiary/aromatic N) is 2. The van der Waals surface area contributed by atoms with Crippen LogP contribution in [0.2, 0.25) is 0 Å². The molecule has 1 aliphatic rings. The Labute approximate surface area is 281 Å². The number of unbranched alkanes of at least 4 members (excludes halogenated alkanes) is 1. The van der Waals surface area contributed by atoms with Crippen LogP contribution in [0.1, 0.15) is 62.1 Å². The third-order valence-corrected chi connectivity index (χ3v) is 7.50. The van der Waals surface area contributed by atoms with Gasteiger partial charge < -0.3 is 34.9 Å². The fourth-order valence-electron chi connectivity index (χ4n) is 5.12. The van der Waals surface area contributed by atoms with Crippen LogP contribution < -0.4 is 30.7 Å². The third-order valence-electron chi connectivity index (χ3n) is 7.50. The Morgan fingerprint density at radius 2 is 1.60 bits per heavy atom. The number of nitrogens with one attached hydrogen (secondary N) is 4. The molecule has 1 aromatic heterocycles. The highest BCUT2D eigenvalue weighted by Gasteiger charge is 2.20. The highest BCUT2D eigenvalue weighted by atomic mass is 16.6. The van der Waals surface area contributed by atoms with Crippen LogP contribution in [0.5, 0.6) is 11.5 Å². The first-order chi connectivity index (χ1) is 23.0. The summed E-state index contributed by atoms with van der Waals surface area (Å²) in [5.41, 5.74) is 1.58. The summed E-state index contributed by atoms with van der Waals surface area (Å²) < 4.78 is 21.4. The van der Waals surface area contributed by atoms with Crippen molar-refractivity contribution in [2.45, 2.75) is 51.7 Å². The van der Waals surface area contributed by atoms with Gasteiger partial charge in [-0.3, -0.25) is 20.0 Å². The third kappa shape index (κ3) is 11.1. The molecule has 258 valence electrons. The number of carbonyl (C=O) groups is 3. The number of pyridine rings is 1. The molecule has 3 aromatic rings. The van der Waals surface area contributed by atoms with Gasteiger partial charge in [0, 0.05) is 31.0 Å². The molecule has 4 amide bonds. The van der Waals surface area contributed by atoms with Crippen molar-refractivity contribution in [1.82, 2.24) is 15.2 Å². The predicted molar refractivity (Wildman–Crippen MR) is 184 cm³/mol. The van der Waals surface area contributed by atoms with E-state index in [1.54, 1.807) is 88.7 Å². The summed E-state index contributed by atoms with van der Waals surface area (Å²) in [4.78, 5) is 45.5. The van der Waals surface area contributed by atoms with E-state index in [-0.39, 0.29) is 11.7 Å². The van der Waals surface area contributed by atoms with E-state index in [0.29, 0.717) is 35.0 Å². The van der Waals surface area contributed by atoms with Gasteiger partial charge in [-0.05, 0) is 82.5 Å². The Bertz CT molecular complexity index is 1520. The Kier molecular flexibility index (Phi) is 13.0. The SMILES string of the molecule is COc1ccc(NC(=O)NC(CCCCN2CCOCC2)c2ccc(C(=O)Nc3ccccc3NC(=O)OC(C)(C)C)nc2)cc1OC. The molecule has 13 nitrogen and oxygen atoms in total. The zero-order chi connectivity index (χ0) is 34.5. The Balaban J connectivity index is 1.43. The van der Waals surface area contributed by atoms with Crippen LogP contribution in [-0.4, -0.2) is 80.6 Å². The molecule has 13 heteroatoms. The number of hydrogen-bond donors (Lipinski definition) is 4. The molecule has 0 saturated carbocycles. The number of urea groups is 1. The van der Waals surface area contributed by atoms with E-state index in [4.69, 9.17) is 18.9 Å². The van der Waals surface area contributed by atoms with Crippen molar-refractivity contribution < 1.29 is 33.3 Å². The second-order valence-corrected chi connectivity index (χ2v) is 12.3. The molecule has 0 bridgehead atoms. The van der Waals surface area contributed by atoms with Crippen molar-refractivity contribution in [2.24, 2.45) is 0 Å². The number of methoxy groups -OCH3 is 2. The molecule has 1 atom stereocenters. The second kappa shape index (κ2) is 17.3. The summed E-state index contributed by atoms with van der Waals surface area (Å²) in [5.74, 6) is 0.595. The quantitative estimate of drug-likeness (QED) is 0.160. The van der Waals surface area contributed by atoms with Gasteiger partial charge in [-0.1, -0.05) is 18.2 Å². The summed E-state index contributed by atoms with van der Waals surface area (Å²) in [7, 11) is 3.08. The average Bonchev–Trinajstić information content (AvgIpc) is 3.06. The van der Waals surface area contributed by atoms with Crippen molar-refractivity contribution in [3.8, 4) is 11.5 Å². The van der Waals surface area contributed by atoms with Crippen LogP contribution in [0.4, 0.5) is 26.7 Å². The highest BCUT2D eigenvalue weighted by Crippen LogP contribution is 2.30. The number of anilines is 3. The lowest BCUT2D eigenvalue weighted by Gasteiger charge is -2.26. The van der Waals surface area contributed by atoms with Crippen molar-refractivity contribution in [2.75, 3.05) is 63.0 Å². The van der Waals surface area contributed by atoms with Gasteiger partial charge in [0.2, 0.25) is 0 Å². The lowest BCUT2D eigenvalue weighted by Crippen LogP contribution is -2.37. The molecule has 1 unspecified atom stereocenters. The van der Waals surface area contributed by atoms with Gasteiger partial charge in [-0.2, -0.15) is 0 Å². The molecule has 4 rings (SSSR count). The number of amides is 4. The maximum absolute atomic E-state index is 13.2. The Morgan fingerprint density at radius 3 is 2.25 bits per heavy atom. The summed E-state index contributed by atoms with van der Waals surface area (Å²) in [5, 5.41) is 11.4. The van der Waals surface area contributed by atoms with Gasteiger partial charge in [0.05, 0.1) is 44.8 Å². The zero-order valence-electron chi connectivity index (χ0n) is 28.3. The highest BCUT2D eigenvalue weighted by molar-refractivity contribution is 6.05. The molecule has 0 radical (unpaired) electrons. The molecule has 4 N–H and O–H groups in total. The summed E-state index contributed by atoms with van der Waals surface area (Å²) in [6, 6.07) is 14.6. The second-order valence-electron chi connectivity index (χ2n) is 12.3. The number of hydrogen-bond acceptors (Lipinski definition) is 9. The predicted octanol–water partition coefficient (Wildman–Crippen LogP) is 6.06. The van der Waals surface area contributed by atoms with E-state index < -0.39 is 23.6 Å². The normalized spacial score (nSPS) is 13.9. The summed E-state index contributed by atoms with van der Waals surface area (Å²) in [6.07, 6.45) is 3.46. The fraction of sp³-hybridized carbons (Fsp3) is 0.429. The molecule has 0 aliphatic carbocycles. The molecule has 2 heterocycles. The Hall–Kier alpha value is -4.88. The molecule has 1 fully saturated rings. The van der Waals surface area contributed by atoms with Crippen LogP contribution in [0.3, 0.4) is 0 Å². The van der Waals surface area contributed by atoms with Gasteiger partial charge >= 0.3 is 12.1 Å². The number of carbonyl (C=O) groups excluding carboxylic acids is 3. The molecule has 48 heavy (non-hydrogen) atoms. The zero-order valence-corrected chi connectivity index (χ0v) is 28.3. The maximum atomic E-state index is 13.2. The minimum absolute atomic E-state index is 0.173. The first kappa shape index (κ1) is 36.0. The number of ether oxygens (including phenoxy) is 4. The first-order valence-electron chi connectivity index (χ1n) is 16.0. The monoisotopic (exact) mass is 662 g/mol. The molecular weight excluding hydrogens is 616 g/mol. The van der Waals surface area contributed by atoms with E-state index >= 15 is 0 Å². The van der Waals surface area contributed by atoms with Crippen molar-refractivity contribution in [1.29, 1.82) is 0 Å². The number of benzene rings is 2. The first-order valence-corrected chi connectivity index (χ1v) is 16.0. The minimum Gasteiger partial charge on any atom is -0.493 e. The van der Waals surface area contributed by atoms with Gasteiger partial charge in [-0.15, -0.1) is 0 Å². The van der Waals surface area contributed by atoms with Gasteiger partial charge in [0.1, 0.15) is 11.3 Å². The van der Waals surface area contributed by atoms with Gasteiger partial charge in [-0.25, -0.2) is 9.59 Å². The van der Waals surface area contributed by atoms with Crippen LogP contribution in [0.15, 0.2) is 60.8 Å². The number of rotatable bonds is 13. The smallest absolute Gasteiger partial charge is 0.412 e. The van der Waals surface area contributed by atoms with Crippen LogP contribution >= 0.6 is 0 Å². The maximum Gasteiger partial charge on any atom is 0.412 e. The summed E-state index contributed by atoms with van der Waals surface area (Å²) in [6.45, 7) is 9.60. The molecule has 1 saturated heterocycles. The molecule has 0 spiro atoms. The molecule has 2 aromatic carbocycles. The minimum atomic E-state index is -0.673. The lowest BCUT2D eigenvalue weighted by atomic mass is 10.0. The van der Waals surface area contributed by atoms with E-state index in [0.717, 1.165) is 51.3 Å².